The number of benzene rings is 2. The molecule has 0 spiro atoms. The first-order valence-corrected chi connectivity index (χ1v) is 10.9. The van der Waals surface area contributed by atoms with Gasteiger partial charge in [-0.05, 0) is 36.2 Å². The number of piperazine rings is 1. The van der Waals surface area contributed by atoms with Crippen LogP contribution < -0.4 is 4.90 Å². The van der Waals surface area contributed by atoms with Gasteiger partial charge in [-0.15, -0.1) is 0 Å². The third-order valence-electron chi connectivity index (χ3n) is 5.41. The normalized spacial score (nSPS) is 18.1. The number of hydrogen-bond donors (Lipinski definition) is 0. The van der Waals surface area contributed by atoms with Gasteiger partial charge in [-0.25, -0.2) is 17.2 Å². The molecule has 6 nitrogen and oxygen atoms in total. The minimum absolute atomic E-state index is 0.00753. The molecule has 0 radical (unpaired) electrons. The maximum atomic E-state index is 13.4. The Morgan fingerprint density at radius 2 is 1.66 bits per heavy atom. The van der Waals surface area contributed by atoms with Crippen LogP contribution in [0.25, 0.3) is 0 Å². The van der Waals surface area contributed by atoms with E-state index in [0.29, 0.717) is 25.7 Å². The average Bonchev–Trinajstić information content (AvgIpc) is 3.15. The molecular weight excluding hydrogens is 400 g/mol. The van der Waals surface area contributed by atoms with Crippen LogP contribution in [0.1, 0.15) is 5.56 Å². The van der Waals surface area contributed by atoms with E-state index in [1.807, 2.05) is 29.2 Å². The van der Waals surface area contributed by atoms with Gasteiger partial charge in [0.15, 0.2) is 11.6 Å². The summed E-state index contributed by atoms with van der Waals surface area (Å²) in [5.74, 6) is -2.29. The number of carbonyl (C=O) groups is 1. The van der Waals surface area contributed by atoms with Gasteiger partial charge in [-0.3, -0.25) is 9.69 Å². The van der Waals surface area contributed by atoms with E-state index in [-0.39, 0.29) is 30.4 Å². The van der Waals surface area contributed by atoms with Crippen molar-refractivity contribution in [1.29, 1.82) is 0 Å². The van der Waals surface area contributed by atoms with Crippen LogP contribution in [0.4, 0.5) is 14.5 Å². The van der Waals surface area contributed by atoms with Crippen molar-refractivity contribution < 1.29 is 22.0 Å². The molecule has 0 aromatic heterocycles. The lowest BCUT2D eigenvalue weighted by molar-refractivity contribution is -0.119. The van der Waals surface area contributed by atoms with E-state index in [9.17, 15) is 22.0 Å². The quantitative estimate of drug-likeness (QED) is 0.756. The van der Waals surface area contributed by atoms with Crippen LogP contribution in [0.3, 0.4) is 0 Å². The molecule has 0 N–H and O–H groups in total. The summed E-state index contributed by atoms with van der Waals surface area (Å²) < 4.78 is 53.1. The highest BCUT2D eigenvalue weighted by atomic mass is 32.2. The summed E-state index contributed by atoms with van der Waals surface area (Å²) in [7, 11) is -3.90. The number of amides is 1. The highest BCUT2D eigenvalue weighted by Crippen LogP contribution is 2.27. The van der Waals surface area contributed by atoms with Gasteiger partial charge in [0.25, 0.3) is 0 Å². The summed E-state index contributed by atoms with van der Waals surface area (Å²) in [6.07, 6.45) is 0.835. The lowest BCUT2D eigenvalue weighted by Crippen LogP contribution is -2.51. The fourth-order valence-electron chi connectivity index (χ4n) is 3.79. The summed E-state index contributed by atoms with van der Waals surface area (Å²) in [6, 6.07) is 10.4. The van der Waals surface area contributed by atoms with Gasteiger partial charge in [0, 0.05) is 38.4 Å². The molecule has 0 aliphatic carbocycles. The predicted octanol–water partition coefficient (Wildman–Crippen LogP) is 1.86. The molecule has 0 atom stereocenters. The molecule has 29 heavy (non-hydrogen) atoms. The highest BCUT2D eigenvalue weighted by molar-refractivity contribution is 7.89. The summed E-state index contributed by atoms with van der Waals surface area (Å²) in [4.78, 5) is 16.1. The topological polar surface area (TPSA) is 60.9 Å². The van der Waals surface area contributed by atoms with Gasteiger partial charge in [0.1, 0.15) is 0 Å². The molecule has 2 aliphatic heterocycles. The fraction of sp³-hybridized carbons (Fsp3) is 0.350. The summed E-state index contributed by atoms with van der Waals surface area (Å²) >= 11 is 0. The molecule has 0 unspecified atom stereocenters. The van der Waals surface area contributed by atoms with Crippen molar-refractivity contribution in [2.45, 2.75) is 11.3 Å². The number of para-hydroxylation sites is 1. The maximum absolute atomic E-state index is 13.4. The molecule has 1 fully saturated rings. The molecule has 2 aromatic rings. The van der Waals surface area contributed by atoms with Crippen molar-refractivity contribution in [3.8, 4) is 0 Å². The van der Waals surface area contributed by atoms with E-state index < -0.39 is 21.7 Å². The zero-order chi connectivity index (χ0) is 20.6. The minimum Gasteiger partial charge on any atom is -0.311 e. The van der Waals surface area contributed by atoms with Crippen LogP contribution in [0.2, 0.25) is 0 Å². The number of sulfonamides is 1. The van der Waals surface area contributed by atoms with E-state index >= 15 is 0 Å². The summed E-state index contributed by atoms with van der Waals surface area (Å²) in [5.41, 5.74) is 2.10. The molecule has 2 aliphatic rings. The van der Waals surface area contributed by atoms with Crippen LogP contribution in [0.15, 0.2) is 47.4 Å². The van der Waals surface area contributed by atoms with E-state index in [1.165, 1.54) is 4.31 Å². The van der Waals surface area contributed by atoms with Crippen molar-refractivity contribution >= 4 is 21.6 Å². The zero-order valence-electron chi connectivity index (χ0n) is 15.7. The minimum atomic E-state index is -3.90. The second kappa shape index (κ2) is 7.81. The molecule has 0 saturated carbocycles. The number of halogens is 2. The highest BCUT2D eigenvalue weighted by Gasteiger charge is 2.31. The van der Waals surface area contributed by atoms with E-state index in [0.717, 1.165) is 29.8 Å². The lowest BCUT2D eigenvalue weighted by atomic mass is 10.2. The number of anilines is 1. The van der Waals surface area contributed by atoms with Gasteiger partial charge in [0.05, 0.1) is 11.4 Å². The second-order valence-electron chi connectivity index (χ2n) is 7.18. The van der Waals surface area contributed by atoms with Crippen LogP contribution in [-0.4, -0.2) is 62.8 Å². The summed E-state index contributed by atoms with van der Waals surface area (Å²) in [5, 5.41) is 0. The number of nitrogens with zero attached hydrogens (tertiary/aromatic N) is 3. The Labute approximate surface area is 168 Å². The number of rotatable bonds is 4. The standard InChI is InChI=1S/C20H21F2N3O3S/c21-17-6-5-16(13-18(17)22)29(27,28)24-11-9-23(10-12-24)14-20(26)25-8-7-15-3-1-2-4-19(15)25/h1-6,13H,7-12,14H2. The Balaban J connectivity index is 1.37. The Kier molecular flexibility index (Phi) is 5.37. The SMILES string of the molecule is O=C(CN1CCN(S(=O)(=O)c2ccc(F)c(F)c2)CC1)N1CCc2ccccc21. The molecule has 4 rings (SSSR count). The molecule has 9 heteroatoms. The molecule has 1 saturated heterocycles. The van der Waals surface area contributed by atoms with Crippen LogP contribution in [0.5, 0.6) is 0 Å². The number of carbonyl (C=O) groups excluding carboxylic acids is 1. The Morgan fingerprint density at radius 3 is 2.38 bits per heavy atom. The molecule has 1 amide bonds. The molecule has 0 bridgehead atoms. The van der Waals surface area contributed by atoms with Crippen LogP contribution in [-0.2, 0) is 21.2 Å². The molecular formula is C20H21F2N3O3S. The van der Waals surface area contributed by atoms with Crippen molar-refractivity contribution in [3.05, 3.63) is 59.7 Å². The zero-order valence-corrected chi connectivity index (χ0v) is 16.5. The van der Waals surface area contributed by atoms with Crippen LogP contribution in [0, 0.1) is 11.6 Å². The summed E-state index contributed by atoms with van der Waals surface area (Å²) in [6.45, 7) is 2.03. The number of hydrogen-bond acceptors (Lipinski definition) is 4. The van der Waals surface area contributed by atoms with Crippen molar-refractivity contribution in [2.75, 3.05) is 44.2 Å². The van der Waals surface area contributed by atoms with Gasteiger partial charge in [0.2, 0.25) is 15.9 Å². The second-order valence-corrected chi connectivity index (χ2v) is 9.12. The first kappa shape index (κ1) is 19.9. The van der Waals surface area contributed by atoms with Gasteiger partial charge in [-0.2, -0.15) is 4.31 Å². The van der Waals surface area contributed by atoms with Crippen LogP contribution >= 0.6 is 0 Å². The molecule has 2 aromatic carbocycles. The Hall–Kier alpha value is -2.36. The van der Waals surface area contributed by atoms with E-state index in [1.54, 1.807) is 4.90 Å². The Bertz CT molecular complexity index is 1040. The third kappa shape index (κ3) is 3.90. The van der Waals surface area contributed by atoms with Crippen molar-refractivity contribution in [2.24, 2.45) is 0 Å². The Morgan fingerprint density at radius 1 is 0.931 bits per heavy atom. The van der Waals surface area contributed by atoms with E-state index in [2.05, 4.69) is 0 Å². The molecule has 154 valence electrons. The first-order chi connectivity index (χ1) is 13.9. The van der Waals surface area contributed by atoms with Crippen molar-refractivity contribution in [3.63, 3.8) is 0 Å². The number of fused-ring (bicyclic) bond motifs is 1. The monoisotopic (exact) mass is 421 g/mol. The first-order valence-electron chi connectivity index (χ1n) is 9.42. The molecule has 2 heterocycles. The third-order valence-corrected chi connectivity index (χ3v) is 7.30. The lowest BCUT2D eigenvalue weighted by Gasteiger charge is -2.34. The maximum Gasteiger partial charge on any atom is 0.243 e. The fourth-order valence-corrected chi connectivity index (χ4v) is 5.22. The smallest absolute Gasteiger partial charge is 0.243 e. The van der Waals surface area contributed by atoms with E-state index in [4.69, 9.17) is 0 Å². The average molecular weight is 421 g/mol. The predicted molar refractivity (Wildman–Crippen MR) is 104 cm³/mol. The van der Waals surface area contributed by atoms with Gasteiger partial charge in [-0.1, -0.05) is 18.2 Å². The van der Waals surface area contributed by atoms with Gasteiger partial charge < -0.3 is 4.90 Å². The van der Waals surface area contributed by atoms with Gasteiger partial charge >= 0.3 is 0 Å². The van der Waals surface area contributed by atoms with Crippen molar-refractivity contribution in [1.82, 2.24) is 9.21 Å². The largest absolute Gasteiger partial charge is 0.311 e.